The van der Waals surface area contributed by atoms with Crippen LogP contribution in [0.15, 0.2) is 18.2 Å². The van der Waals surface area contributed by atoms with E-state index < -0.39 is 6.04 Å². The molecule has 0 radical (unpaired) electrons. The molecule has 1 aromatic rings. The summed E-state index contributed by atoms with van der Waals surface area (Å²) in [5, 5.41) is 3.96. The minimum Gasteiger partial charge on any atom is -0.354 e. The van der Waals surface area contributed by atoms with Gasteiger partial charge in [0.05, 0.1) is 16.1 Å². The summed E-state index contributed by atoms with van der Waals surface area (Å²) in [5.74, 6) is -0.0537. The number of hydrogen-bond acceptors (Lipinski definition) is 3. The van der Waals surface area contributed by atoms with Crippen molar-refractivity contribution >= 4 is 35.5 Å². The Labute approximate surface area is 158 Å². The molecule has 2 rings (SSSR count). The lowest BCUT2D eigenvalue weighted by Crippen LogP contribution is -2.51. The van der Waals surface area contributed by atoms with Gasteiger partial charge in [-0.2, -0.15) is 0 Å². The molecule has 3 N–H and O–H groups in total. The van der Waals surface area contributed by atoms with Crippen molar-refractivity contribution in [2.24, 2.45) is 11.7 Å². The molecule has 1 unspecified atom stereocenters. The lowest BCUT2D eigenvalue weighted by molar-refractivity contribution is -0.124. The van der Waals surface area contributed by atoms with E-state index in [4.69, 9.17) is 28.9 Å². The Morgan fingerprint density at radius 3 is 2.56 bits per heavy atom. The second kappa shape index (κ2) is 8.39. The van der Waals surface area contributed by atoms with Gasteiger partial charge in [0, 0.05) is 25.0 Å². The molecule has 0 aromatic heterocycles. The van der Waals surface area contributed by atoms with E-state index in [2.05, 4.69) is 5.32 Å². The largest absolute Gasteiger partial charge is 0.354 e. The van der Waals surface area contributed by atoms with Crippen molar-refractivity contribution in [3.63, 3.8) is 0 Å². The lowest BCUT2D eigenvalue weighted by Gasteiger charge is -2.33. The Morgan fingerprint density at radius 1 is 1.36 bits per heavy atom. The molecule has 0 aliphatic carbocycles. The van der Waals surface area contributed by atoms with Crippen LogP contribution in [0.25, 0.3) is 0 Å². The zero-order valence-electron chi connectivity index (χ0n) is 14.6. The average molecular weight is 386 g/mol. The minimum absolute atomic E-state index is 0.101. The molecule has 1 aliphatic heterocycles. The zero-order valence-corrected chi connectivity index (χ0v) is 16.1. The van der Waals surface area contributed by atoms with Crippen LogP contribution >= 0.6 is 23.2 Å². The molecule has 0 spiro atoms. The zero-order chi connectivity index (χ0) is 18.6. The molecule has 1 atom stereocenters. The molecule has 2 amide bonds. The van der Waals surface area contributed by atoms with E-state index in [0.29, 0.717) is 29.7 Å². The highest BCUT2D eigenvalue weighted by Crippen LogP contribution is 2.29. The first kappa shape index (κ1) is 20.0. The highest BCUT2D eigenvalue weighted by molar-refractivity contribution is 6.42. The van der Waals surface area contributed by atoms with Gasteiger partial charge in [-0.1, -0.05) is 43.1 Å². The fraction of sp³-hybridized carbons (Fsp3) is 0.556. The Balaban J connectivity index is 1.91. The van der Waals surface area contributed by atoms with Gasteiger partial charge in [0.15, 0.2) is 0 Å². The smallest absolute Gasteiger partial charge is 0.237 e. The maximum atomic E-state index is 12.4. The Kier molecular flexibility index (Phi) is 6.72. The predicted molar refractivity (Wildman–Crippen MR) is 101 cm³/mol. The number of carbonyl (C=O) groups excluding carboxylic acids is 2. The topological polar surface area (TPSA) is 75.4 Å². The molecule has 1 saturated heterocycles. The summed E-state index contributed by atoms with van der Waals surface area (Å²) in [4.78, 5) is 24.9. The number of amides is 2. The summed E-state index contributed by atoms with van der Waals surface area (Å²) in [6.45, 7) is 5.82. The number of hydrogen-bond donors (Lipinski definition) is 2. The van der Waals surface area contributed by atoms with E-state index in [0.717, 1.165) is 24.8 Å². The lowest BCUT2D eigenvalue weighted by atomic mass is 9.84. The maximum absolute atomic E-state index is 12.4. The van der Waals surface area contributed by atoms with Crippen LogP contribution in [0.1, 0.15) is 32.3 Å². The van der Waals surface area contributed by atoms with E-state index in [-0.39, 0.29) is 17.2 Å². The molecule has 7 heteroatoms. The van der Waals surface area contributed by atoms with Gasteiger partial charge in [0.25, 0.3) is 0 Å². The Morgan fingerprint density at radius 2 is 2.00 bits per heavy atom. The number of nitrogens with two attached hydrogens (primary N) is 1. The summed E-state index contributed by atoms with van der Waals surface area (Å²) in [5.41, 5.74) is 6.83. The van der Waals surface area contributed by atoms with Gasteiger partial charge in [-0.3, -0.25) is 9.59 Å². The van der Waals surface area contributed by atoms with Crippen LogP contribution in [-0.4, -0.2) is 42.9 Å². The van der Waals surface area contributed by atoms with Crippen LogP contribution in [0, 0.1) is 5.92 Å². The van der Waals surface area contributed by atoms with Crippen molar-refractivity contribution in [1.82, 2.24) is 10.2 Å². The third kappa shape index (κ3) is 5.09. The normalized spacial score (nSPS) is 17.2. The van der Waals surface area contributed by atoms with Crippen LogP contribution in [0.4, 0.5) is 0 Å². The first-order valence-electron chi connectivity index (χ1n) is 8.43. The van der Waals surface area contributed by atoms with Crippen LogP contribution in [-0.2, 0) is 15.0 Å². The van der Waals surface area contributed by atoms with Gasteiger partial charge in [-0.05, 0) is 36.5 Å². The predicted octanol–water partition coefficient (Wildman–Crippen LogP) is 2.58. The van der Waals surface area contributed by atoms with E-state index in [1.54, 1.807) is 11.0 Å². The maximum Gasteiger partial charge on any atom is 0.237 e. The molecular formula is C18H25Cl2N3O2. The van der Waals surface area contributed by atoms with Gasteiger partial charge < -0.3 is 16.0 Å². The molecular weight excluding hydrogens is 361 g/mol. The van der Waals surface area contributed by atoms with Crippen molar-refractivity contribution in [3.8, 4) is 0 Å². The van der Waals surface area contributed by atoms with Gasteiger partial charge in [0.1, 0.15) is 0 Å². The molecule has 1 fully saturated rings. The Bertz CT molecular complexity index is 629. The second-order valence-corrected chi connectivity index (χ2v) is 8.05. The molecule has 25 heavy (non-hydrogen) atoms. The molecule has 0 bridgehead atoms. The third-order valence-electron chi connectivity index (χ3n) is 4.94. The first-order chi connectivity index (χ1) is 11.7. The summed E-state index contributed by atoms with van der Waals surface area (Å²) in [6.07, 6.45) is 2.36. The molecule has 1 aliphatic rings. The Hall–Kier alpha value is -1.30. The highest BCUT2D eigenvalue weighted by Gasteiger charge is 2.30. The fourth-order valence-corrected chi connectivity index (χ4v) is 3.34. The number of rotatable bonds is 6. The number of carbonyl (C=O) groups is 2. The van der Waals surface area contributed by atoms with E-state index in [9.17, 15) is 9.59 Å². The summed E-state index contributed by atoms with van der Waals surface area (Å²) < 4.78 is 0. The quantitative estimate of drug-likeness (QED) is 0.738. The number of likely N-dealkylation sites (tertiary alicyclic amines) is 1. The van der Waals surface area contributed by atoms with Gasteiger partial charge in [-0.25, -0.2) is 0 Å². The SMILES string of the molecule is CC(C)(CNC(=O)C(N)C1CCN(C=O)CC1)c1ccc(Cl)c(Cl)c1. The summed E-state index contributed by atoms with van der Waals surface area (Å²) in [7, 11) is 0. The van der Waals surface area contributed by atoms with E-state index in [1.165, 1.54) is 0 Å². The molecule has 1 aromatic carbocycles. The average Bonchev–Trinajstić information content (AvgIpc) is 2.61. The van der Waals surface area contributed by atoms with Gasteiger partial charge in [-0.15, -0.1) is 0 Å². The van der Waals surface area contributed by atoms with Crippen molar-refractivity contribution in [3.05, 3.63) is 33.8 Å². The number of nitrogens with zero attached hydrogens (tertiary/aromatic N) is 1. The van der Waals surface area contributed by atoms with Gasteiger partial charge >= 0.3 is 0 Å². The molecule has 0 saturated carbocycles. The van der Waals surface area contributed by atoms with Gasteiger partial charge in [0.2, 0.25) is 12.3 Å². The molecule has 1 heterocycles. The number of nitrogens with one attached hydrogen (secondary N) is 1. The minimum atomic E-state index is -0.557. The van der Waals surface area contributed by atoms with E-state index >= 15 is 0 Å². The molecule has 5 nitrogen and oxygen atoms in total. The number of benzene rings is 1. The summed E-state index contributed by atoms with van der Waals surface area (Å²) >= 11 is 12.1. The van der Waals surface area contributed by atoms with Crippen LogP contribution in [0.2, 0.25) is 10.0 Å². The number of halogens is 2. The van der Waals surface area contributed by atoms with Crippen LogP contribution in [0.5, 0.6) is 0 Å². The highest BCUT2D eigenvalue weighted by atomic mass is 35.5. The van der Waals surface area contributed by atoms with E-state index in [1.807, 2.05) is 26.0 Å². The van der Waals surface area contributed by atoms with Crippen molar-refractivity contribution < 1.29 is 9.59 Å². The standard InChI is InChI=1S/C18H25Cl2N3O2/c1-18(2,13-3-4-14(19)15(20)9-13)10-22-17(25)16(21)12-5-7-23(11-24)8-6-12/h3-4,9,11-12,16H,5-8,10,21H2,1-2H3,(H,22,25). The fourth-order valence-electron chi connectivity index (χ4n) is 3.04. The summed E-state index contributed by atoms with van der Waals surface area (Å²) in [6, 6.07) is 4.94. The van der Waals surface area contributed by atoms with Crippen molar-refractivity contribution in [2.45, 2.75) is 38.1 Å². The monoisotopic (exact) mass is 385 g/mol. The number of piperidine rings is 1. The first-order valence-corrected chi connectivity index (χ1v) is 9.18. The van der Waals surface area contributed by atoms with Crippen molar-refractivity contribution in [2.75, 3.05) is 19.6 Å². The third-order valence-corrected chi connectivity index (χ3v) is 5.68. The molecule has 138 valence electrons. The van der Waals surface area contributed by atoms with Crippen molar-refractivity contribution in [1.29, 1.82) is 0 Å². The van der Waals surface area contributed by atoms with Crippen LogP contribution < -0.4 is 11.1 Å². The second-order valence-electron chi connectivity index (χ2n) is 7.24. The van der Waals surface area contributed by atoms with Crippen LogP contribution in [0.3, 0.4) is 0 Å².